The lowest BCUT2D eigenvalue weighted by Crippen LogP contribution is -2.13. The van der Waals surface area contributed by atoms with E-state index in [1.54, 1.807) is 0 Å². The van der Waals surface area contributed by atoms with E-state index >= 15 is 0 Å². The highest BCUT2D eigenvalue weighted by Crippen LogP contribution is 2.19. The minimum atomic E-state index is -3.93. The van der Waals surface area contributed by atoms with Crippen molar-refractivity contribution in [2.45, 2.75) is 11.5 Å². The number of hydrogen-bond acceptors (Lipinski definition) is 3. The van der Waals surface area contributed by atoms with Crippen LogP contribution in [-0.2, 0) is 16.6 Å². The summed E-state index contributed by atoms with van der Waals surface area (Å²) in [6.07, 6.45) is 0. The van der Waals surface area contributed by atoms with E-state index in [4.69, 9.17) is 5.11 Å². The van der Waals surface area contributed by atoms with E-state index in [1.165, 1.54) is 12.1 Å². The van der Waals surface area contributed by atoms with Gasteiger partial charge in [-0.15, -0.1) is 0 Å². The average molecular weight is 299 g/mol. The van der Waals surface area contributed by atoms with Gasteiger partial charge in [-0.25, -0.2) is 17.2 Å². The lowest BCUT2D eigenvalue weighted by molar-refractivity contribution is 0.275. The Morgan fingerprint density at radius 3 is 2.30 bits per heavy atom. The van der Waals surface area contributed by atoms with Crippen molar-refractivity contribution in [3.8, 4) is 0 Å². The van der Waals surface area contributed by atoms with E-state index in [-0.39, 0.29) is 16.1 Å². The molecule has 0 aliphatic carbocycles. The molecule has 0 aliphatic rings. The first kappa shape index (κ1) is 14.4. The Kier molecular flexibility index (Phi) is 4.01. The standard InChI is InChI=1S/C13H11F2NO3S/c14-10-1-3-11(4-2-10)16-20(18,19)12-5-6-13(15)9(7-12)8-17/h1-7,16-17H,8H2. The number of aliphatic hydroxyl groups excluding tert-OH is 1. The van der Waals surface area contributed by atoms with Crippen LogP contribution in [0.5, 0.6) is 0 Å². The first-order valence-electron chi connectivity index (χ1n) is 5.60. The topological polar surface area (TPSA) is 66.4 Å². The van der Waals surface area contributed by atoms with Crippen molar-refractivity contribution in [3.63, 3.8) is 0 Å². The number of benzene rings is 2. The van der Waals surface area contributed by atoms with Gasteiger partial charge >= 0.3 is 0 Å². The van der Waals surface area contributed by atoms with Gasteiger partial charge in [-0.1, -0.05) is 0 Å². The largest absolute Gasteiger partial charge is 0.392 e. The van der Waals surface area contributed by atoms with Gasteiger partial charge < -0.3 is 5.11 Å². The summed E-state index contributed by atoms with van der Waals surface area (Å²) < 4.78 is 52.3. The molecule has 7 heteroatoms. The highest BCUT2D eigenvalue weighted by atomic mass is 32.2. The molecule has 20 heavy (non-hydrogen) atoms. The Hall–Kier alpha value is -1.99. The second-order valence-electron chi connectivity index (χ2n) is 4.02. The molecule has 0 unspecified atom stereocenters. The van der Waals surface area contributed by atoms with E-state index < -0.39 is 28.3 Å². The number of rotatable bonds is 4. The fourth-order valence-electron chi connectivity index (χ4n) is 1.57. The number of halogens is 2. The third-order valence-corrected chi connectivity index (χ3v) is 3.97. The molecule has 0 amide bonds. The minimum Gasteiger partial charge on any atom is -0.392 e. The van der Waals surface area contributed by atoms with Gasteiger partial charge in [-0.2, -0.15) is 0 Å². The molecule has 0 heterocycles. The zero-order chi connectivity index (χ0) is 14.8. The Labute approximate surface area is 114 Å². The molecular formula is C13H11F2NO3S. The van der Waals surface area contributed by atoms with E-state index in [2.05, 4.69) is 4.72 Å². The normalized spacial score (nSPS) is 11.3. The Balaban J connectivity index is 2.33. The van der Waals surface area contributed by atoms with Crippen LogP contribution >= 0.6 is 0 Å². The number of nitrogens with one attached hydrogen (secondary N) is 1. The summed E-state index contributed by atoms with van der Waals surface area (Å²) in [5.41, 5.74) is 0.0632. The van der Waals surface area contributed by atoms with Crippen LogP contribution in [0.1, 0.15) is 5.56 Å². The zero-order valence-corrected chi connectivity index (χ0v) is 11.0. The van der Waals surface area contributed by atoms with Crippen LogP contribution in [0.15, 0.2) is 47.4 Å². The summed E-state index contributed by atoms with van der Waals surface area (Å²) in [7, 11) is -3.93. The Morgan fingerprint density at radius 2 is 1.70 bits per heavy atom. The average Bonchev–Trinajstić information content (AvgIpc) is 2.41. The molecule has 2 rings (SSSR count). The number of aliphatic hydroxyl groups is 1. The van der Waals surface area contributed by atoms with E-state index in [0.29, 0.717) is 0 Å². The molecule has 0 saturated carbocycles. The van der Waals surface area contributed by atoms with Crippen molar-refractivity contribution in [2.75, 3.05) is 4.72 Å². The van der Waals surface area contributed by atoms with Crippen molar-refractivity contribution in [2.24, 2.45) is 0 Å². The van der Waals surface area contributed by atoms with Crippen LogP contribution in [0.3, 0.4) is 0 Å². The second-order valence-corrected chi connectivity index (χ2v) is 5.71. The SMILES string of the molecule is O=S(=O)(Nc1ccc(F)cc1)c1ccc(F)c(CO)c1. The fourth-order valence-corrected chi connectivity index (χ4v) is 2.68. The van der Waals surface area contributed by atoms with Gasteiger partial charge in [0, 0.05) is 11.3 Å². The van der Waals surface area contributed by atoms with Crippen LogP contribution in [-0.4, -0.2) is 13.5 Å². The molecule has 0 saturated heterocycles. The van der Waals surface area contributed by atoms with Crippen LogP contribution in [0, 0.1) is 11.6 Å². The summed E-state index contributed by atoms with van der Waals surface area (Å²) in [5, 5.41) is 8.93. The Morgan fingerprint density at radius 1 is 1.05 bits per heavy atom. The quantitative estimate of drug-likeness (QED) is 0.910. The summed E-state index contributed by atoms with van der Waals surface area (Å²) >= 11 is 0. The molecule has 2 aromatic carbocycles. The monoisotopic (exact) mass is 299 g/mol. The number of sulfonamides is 1. The van der Waals surface area contributed by atoms with Crippen LogP contribution in [0.4, 0.5) is 14.5 Å². The van der Waals surface area contributed by atoms with Gasteiger partial charge in [-0.3, -0.25) is 4.72 Å². The molecule has 0 spiro atoms. The van der Waals surface area contributed by atoms with Crippen molar-refractivity contribution < 1.29 is 22.3 Å². The molecule has 106 valence electrons. The second kappa shape index (κ2) is 5.56. The van der Waals surface area contributed by atoms with Crippen molar-refractivity contribution in [1.29, 1.82) is 0 Å². The van der Waals surface area contributed by atoms with Gasteiger partial charge in [0.1, 0.15) is 11.6 Å². The third kappa shape index (κ3) is 3.12. The summed E-state index contributed by atoms with van der Waals surface area (Å²) in [6.45, 7) is -0.605. The minimum absolute atomic E-state index is 0.119. The zero-order valence-electron chi connectivity index (χ0n) is 10.2. The maximum Gasteiger partial charge on any atom is 0.261 e. The van der Waals surface area contributed by atoms with Crippen LogP contribution < -0.4 is 4.72 Å². The van der Waals surface area contributed by atoms with Crippen molar-refractivity contribution in [3.05, 3.63) is 59.7 Å². The van der Waals surface area contributed by atoms with Crippen LogP contribution in [0.25, 0.3) is 0 Å². The number of hydrogen-bond donors (Lipinski definition) is 2. The summed E-state index contributed by atoms with van der Waals surface area (Å²) in [5.74, 6) is -1.18. The molecule has 2 N–H and O–H groups in total. The maximum absolute atomic E-state index is 13.2. The van der Waals surface area contributed by atoms with Gasteiger partial charge in [-0.05, 0) is 42.5 Å². The molecule has 4 nitrogen and oxygen atoms in total. The molecule has 0 radical (unpaired) electrons. The molecular weight excluding hydrogens is 288 g/mol. The van der Waals surface area contributed by atoms with Gasteiger partial charge in [0.05, 0.1) is 11.5 Å². The van der Waals surface area contributed by atoms with Crippen molar-refractivity contribution >= 4 is 15.7 Å². The lowest BCUT2D eigenvalue weighted by Gasteiger charge is -2.09. The molecule has 0 atom stereocenters. The molecule has 2 aromatic rings. The van der Waals surface area contributed by atoms with Gasteiger partial charge in [0.2, 0.25) is 0 Å². The first-order valence-corrected chi connectivity index (χ1v) is 7.08. The van der Waals surface area contributed by atoms with Crippen LogP contribution in [0.2, 0.25) is 0 Å². The van der Waals surface area contributed by atoms with E-state index in [0.717, 1.165) is 30.3 Å². The van der Waals surface area contributed by atoms with E-state index in [1.807, 2.05) is 0 Å². The van der Waals surface area contributed by atoms with Gasteiger partial charge in [0.15, 0.2) is 0 Å². The third-order valence-electron chi connectivity index (χ3n) is 2.59. The molecule has 0 aliphatic heterocycles. The molecule has 0 aromatic heterocycles. The summed E-state index contributed by atoms with van der Waals surface area (Å²) in [4.78, 5) is -0.188. The molecule has 0 fully saturated rings. The Bertz CT molecular complexity index is 715. The molecule has 0 bridgehead atoms. The fraction of sp³-hybridized carbons (Fsp3) is 0.0769. The maximum atomic E-state index is 13.2. The first-order chi connectivity index (χ1) is 9.42. The van der Waals surface area contributed by atoms with Gasteiger partial charge in [0.25, 0.3) is 10.0 Å². The van der Waals surface area contributed by atoms with Crippen molar-refractivity contribution in [1.82, 2.24) is 0 Å². The predicted octanol–water partition coefficient (Wildman–Crippen LogP) is 2.26. The predicted molar refractivity (Wildman–Crippen MR) is 69.5 cm³/mol. The highest BCUT2D eigenvalue weighted by molar-refractivity contribution is 7.92. The van der Waals surface area contributed by atoms with E-state index in [9.17, 15) is 17.2 Å². The smallest absolute Gasteiger partial charge is 0.261 e. The highest BCUT2D eigenvalue weighted by Gasteiger charge is 2.16. The summed E-state index contributed by atoms with van der Waals surface area (Å²) in [6, 6.07) is 7.85. The lowest BCUT2D eigenvalue weighted by atomic mass is 10.2. The number of anilines is 1.